The fraction of sp³-hybridized carbons (Fsp3) is 0.500. The van der Waals surface area contributed by atoms with Crippen molar-refractivity contribution < 1.29 is 19.1 Å². The Kier molecular flexibility index (Phi) is 3.31. The first-order valence-electron chi connectivity index (χ1n) is 5.09. The van der Waals surface area contributed by atoms with E-state index in [4.69, 9.17) is 14.3 Å². The van der Waals surface area contributed by atoms with Gasteiger partial charge >= 0.3 is 5.97 Å². The maximum Gasteiger partial charge on any atom is 0.328 e. The molecule has 0 saturated carbocycles. The Balaban J connectivity index is 1.93. The van der Waals surface area contributed by atoms with Gasteiger partial charge in [0.15, 0.2) is 0 Å². The predicted molar refractivity (Wildman–Crippen MR) is 53.6 cm³/mol. The molecule has 1 aliphatic rings. The third-order valence-electron chi connectivity index (χ3n) is 2.28. The van der Waals surface area contributed by atoms with Crippen LogP contribution in [0, 0.1) is 0 Å². The highest BCUT2D eigenvalue weighted by molar-refractivity contribution is 5.84. The van der Waals surface area contributed by atoms with E-state index in [2.05, 4.69) is 10.2 Å². The van der Waals surface area contributed by atoms with Crippen molar-refractivity contribution in [3.63, 3.8) is 0 Å². The molecule has 0 spiro atoms. The summed E-state index contributed by atoms with van der Waals surface area (Å²) in [6, 6.07) is 0. The van der Waals surface area contributed by atoms with Crippen LogP contribution in [-0.4, -0.2) is 34.0 Å². The Bertz CT molecular complexity index is 393. The lowest BCUT2D eigenvalue weighted by Gasteiger charge is -2.03. The molecule has 0 radical (unpaired) electrons. The second-order valence-electron chi connectivity index (χ2n) is 3.54. The van der Waals surface area contributed by atoms with Crippen LogP contribution >= 0.6 is 0 Å². The van der Waals surface area contributed by atoms with Gasteiger partial charge in [-0.3, -0.25) is 0 Å². The maximum absolute atomic E-state index is 10.3. The third kappa shape index (κ3) is 2.90. The van der Waals surface area contributed by atoms with Crippen molar-refractivity contribution in [1.82, 2.24) is 10.2 Å². The number of carboxylic acid groups (broad SMARTS) is 1. The van der Waals surface area contributed by atoms with Gasteiger partial charge in [0.2, 0.25) is 11.8 Å². The molecule has 1 saturated heterocycles. The van der Waals surface area contributed by atoms with E-state index < -0.39 is 5.97 Å². The van der Waals surface area contributed by atoms with E-state index in [0.717, 1.165) is 25.5 Å². The highest BCUT2D eigenvalue weighted by atomic mass is 16.5. The van der Waals surface area contributed by atoms with Crippen molar-refractivity contribution in [3.05, 3.63) is 17.9 Å². The molecular weight excluding hydrogens is 212 g/mol. The molecule has 6 heteroatoms. The molecule has 16 heavy (non-hydrogen) atoms. The van der Waals surface area contributed by atoms with E-state index in [-0.39, 0.29) is 12.0 Å². The molecular formula is C10H12N2O4. The van der Waals surface area contributed by atoms with Crippen LogP contribution in [0.5, 0.6) is 0 Å². The number of rotatable bonds is 4. The van der Waals surface area contributed by atoms with E-state index in [1.165, 1.54) is 6.08 Å². The normalized spacial score (nSPS) is 20.6. The third-order valence-corrected chi connectivity index (χ3v) is 2.28. The summed E-state index contributed by atoms with van der Waals surface area (Å²) in [5.74, 6) is -0.355. The molecule has 0 aromatic carbocycles. The van der Waals surface area contributed by atoms with Gasteiger partial charge in [-0.1, -0.05) is 0 Å². The van der Waals surface area contributed by atoms with E-state index in [9.17, 15) is 4.79 Å². The zero-order chi connectivity index (χ0) is 11.4. The van der Waals surface area contributed by atoms with Crippen molar-refractivity contribution in [2.24, 2.45) is 0 Å². The van der Waals surface area contributed by atoms with Gasteiger partial charge in [-0.25, -0.2) is 4.79 Å². The highest BCUT2D eigenvalue weighted by Crippen LogP contribution is 2.16. The largest absolute Gasteiger partial charge is 0.478 e. The fourth-order valence-corrected chi connectivity index (χ4v) is 1.56. The number of hydrogen-bond acceptors (Lipinski definition) is 5. The van der Waals surface area contributed by atoms with Gasteiger partial charge in [0.25, 0.3) is 0 Å². The molecule has 1 aromatic heterocycles. The van der Waals surface area contributed by atoms with Crippen LogP contribution in [0.1, 0.15) is 24.6 Å². The molecule has 6 nitrogen and oxygen atoms in total. The summed E-state index contributed by atoms with van der Waals surface area (Å²) in [5, 5.41) is 15.9. The van der Waals surface area contributed by atoms with Crippen LogP contribution in [0.3, 0.4) is 0 Å². The van der Waals surface area contributed by atoms with E-state index in [0.29, 0.717) is 12.3 Å². The number of aromatic nitrogens is 2. The van der Waals surface area contributed by atoms with Crippen molar-refractivity contribution >= 4 is 12.0 Å². The lowest BCUT2D eigenvalue weighted by atomic mass is 10.2. The molecule has 1 unspecified atom stereocenters. The average molecular weight is 224 g/mol. The molecule has 1 atom stereocenters. The number of carboxylic acids is 1. The minimum Gasteiger partial charge on any atom is -0.478 e. The topological polar surface area (TPSA) is 85.5 Å². The Morgan fingerprint density at radius 3 is 3.12 bits per heavy atom. The van der Waals surface area contributed by atoms with E-state index in [1.54, 1.807) is 0 Å². The number of nitrogens with zero attached hydrogens (tertiary/aromatic N) is 2. The molecule has 1 N–H and O–H groups in total. The minimum absolute atomic E-state index is 0.150. The second kappa shape index (κ2) is 4.89. The van der Waals surface area contributed by atoms with Crippen LogP contribution in [0.25, 0.3) is 6.08 Å². The van der Waals surface area contributed by atoms with E-state index in [1.807, 2.05) is 0 Å². The van der Waals surface area contributed by atoms with Gasteiger partial charge in [0.05, 0.1) is 12.5 Å². The molecule has 0 aliphatic carbocycles. The van der Waals surface area contributed by atoms with Crippen molar-refractivity contribution in [1.29, 1.82) is 0 Å². The Labute approximate surface area is 91.9 Å². The fourth-order valence-electron chi connectivity index (χ4n) is 1.56. The first-order chi connectivity index (χ1) is 7.74. The molecule has 2 rings (SSSR count). The van der Waals surface area contributed by atoms with Gasteiger partial charge in [0.1, 0.15) is 0 Å². The summed E-state index contributed by atoms with van der Waals surface area (Å²) in [4.78, 5) is 10.3. The summed E-state index contributed by atoms with van der Waals surface area (Å²) >= 11 is 0. The molecule has 86 valence electrons. The number of carbonyl (C=O) groups is 1. The van der Waals surface area contributed by atoms with E-state index >= 15 is 0 Å². The zero-order valence-electron chi connectivity index (χ0n) is 8.63. The summed E-state index contributed by atoms with van der Waals surface area (Å²) in [5.41, 5.74) is 0. The minimum atomic E-state index is -1.04. The Morgan fingerprint density at radius 1 is 1.56 bits per heavy atom. The molecule has 1 aromatic rings. The number of ether oxygens (including phenoxy) is 1. The molecule has 0 amide bonds. The average Bonchev–Trinajstić information content (AvgIpc) is 2.87. The zero-order valence-corrected chi connectivity index (χ0v) is 8.63. The van der Waals surface area contributed by atoms with Crippen LogP contribution in [0.15, 0.2) is 10.5 Å². The molecule has 2 heterocycles. The monoisotopic (exact) mass is 224 g/mol. The smallest absolute Gasteiger partial charge is 0.328 e. The van der Waals surface area contributed by atoms with Crippen LogP contribution in [0.4, 0.5) is 0 Å². The Morgan fingerprint density at radius 2 is 2.44 bits per heavy atom. The van der Waals surface area contributed by atoms with Crippen LogP contribution in [-0.2, 0) is 16.0 Å². The SMILES string of the molecule is O=C(O)/C=C/c1nnc(CC2CCCO2)o1. The van der Waals surface area contributed by atoms with Gasteiger partial charge in [-0.15, -0.1) is 10.2 Å². The number of aliphatic carboxylic acids is 1. The summed E-state index contributed by atoms with van der Waals surface area (Å²) in [6.45, 7) is 0.782. The quantitative estimate of drug-likeness (QED) is 0.764. The van der Waals surface area contributed by atoms with Gasteiger partial charge in [-0.2, -0.15) is 0 Å². The Hall–Kier alpha value is -1.69. The van der Waals surface area contributed by atoms with Gasteiger partial charge < -0.3 is 14.3 Å². The van der Waals surface area contributed by atoms with Crippen LogP contribution < -0.4 is 0 Å². The van der Waals surface area contributed by atoms with Crippen molar-refractivity contribution in [3.8, 4) is 0 Å². The second-order valence-corrected chi connectivity index (χ2v) is 3.54. The highest BCUT2D eigenvalue weighted by Gasteiger charge is 2.18. The standard InChI is InChI=1S/C10H12N2O4/c13-10(14)4-3-8-11-12-9(16-8)6-7-2-1-5-15-7/h3-4,7H,1-2,5-6H2,(H,13,14)/b4-3+. The lowest BCUT2D eigenvalue weighted by molar-refractivity contribution is -0.131. The van der Waals surface area contributed by atoms with Crippen molar-refractivity contribution in [2.45, 2.75) is 25.4 Å². The van der Waals surface area contributed by atoms with Crippen molar-refractivity contribution in [2.75, 3.05) is 6.61 Å². The summed E-state index contributed by atoms with van der Waals surface area (Å²) < 4.78 is 10.7. The number of hydrogen-bond donors (Lipinski definition) is 1. The summed E-state index contributed by atoms with van der Waals surface area (Å²) in [7, 11) is 0. The van der Waals surface area contributed by atoms with Gasteiger partial charge in [0, 0.05) is 18.8 Å². The molecule has 1 fully saturated rings. The maximum atomic E-state index is 10.3. The summed E-state index contributed by atoms with van der Waals surface area (Å²) in [6.07, 6.45) is 5.04. The lowest BCUT2D eigenvalue weighted by Crippen LogP contribution is -2.08. The first-order valence-corrected chi connectivity index (χ1v) is 5.09. The predicted octanol–water partition coefficient (Wildman–Crippen LogP) is 0.889. The van der Waals surface area contributed by atoms with Gasteiger partial charge in [-0.05, 0) is 12.8 Å². The van der Waals surface area contributed by atoms with Crippen LogP contribution in [0.2, 0.25) is 0 Å². The molecule has 0 bridgehead atoms. The first kappa shape index (κ1) is 10.8. The molecule has 1 aliphatic heterocycles.